The second-order valence-electron chi connectivity index (χ2n) is 5.82. The van der Waals surface area contributed by atoms with Gasteiger partial charge in [0.25, 0.3) is 0 Å². The monoisotopic (exact) mass is 315 g/mol. The van der Waals surface area contributed by atoms with Crippen LogP contribution in [0.5, 0.6) is 0 Å². The summed E-state index contributed by atoms with van der Waals surface area (Å²) in [7, 11) is 0. The van der Waals surface area contributed by atoms with E-state index in [9.17, 15) is 4.79 Å². The highest BCUT2D eigenvalue weighted by Gasteiger charge is 2.27. The van der Waals surface area contributed by atoms with Gasteiger partial charge in [0, 0.05) is 31.8 Å². The molecule has 0 aliphatic carbocycles. The van der Waals surface area contributed by atoms with Crippen molar-refractivity contribution in [3.05, 3.63) is 35.1 Å². The maximum atomic E-state index is 12.4. The van der Waals surface area contributed by atoms with Crippen molar-refractivity contribution in [3.63, 3.8) is 0 Å². The fourth-order valence-electron chi connectivity index (χ4n) is 2.69. The molecule has 1 N–H and O–H groups in total. The average molecular weight is 315 g/mol. The molecule has 2 aromatic heterocycles. The molecule has 2 aromatic rings. The van der Waals surface area contributed by atoms with Gasteiger partial charge in [0.05, 0.1) is 11.7 Å². The van der Waals surface area contributed by atoms with E-state index in [1.165, 1.54) is 5.56 Å². The van der Waals surface area contributed by atoms with E-state index in [4.69, 9.17) is 4.52 Å². The van der Waals surface area contributed by atoms with Gasteiger partial charge in [-0.1, -0.05) is 12.1 Å². The highest BCUT2D eigenvalue weighted by Crippen LogP contribution is 2.19. The Labute approximate surface area is 135 Å². The third kappa shape index (κ3) is 3.39. The van der Waals surface area contributed by atoms with E-state index in [2.05, 4.69) is 25.3 Å². The smallest absolute Gasteiger partial charge is 0.242 e. The number of fused-ring (bicyclic) bond motifs is 1. The van der Waals surface area contributed by atoms with Crippen LogP contribution >= 0.6 is 0 Å². The summed E-state index contributed by atoms with van der Waals surface area (Å²) < 4.78 is 4.97. The van der Waals surface area contributed by atoms with Crippen molar-refractivity contribution < 1.29 is 9.32 Å². The van der Waals surface area contributed by atoms with E-state index < -0.39 is 0 Å². The van der Waals surface area contributed by atoms with Gasteiger partial charge < -0.3 is 9.84 Å². The number of carbonyl (C=O) groups is 1. The molecule has 122 valence electrons. The molecule has 0 spiro atoms. The van der Waals surface area contributed by atoms with Gasteiger partial charge in [-0.3, -0.25) is 9.69 Å². The number of carbonyl (C=O) groups excluding carboxylic acids is 1. The Bertz CT molecular complexity index is 712. The summed E-state index contributed by atoms with van der Waals surface area (Å²) in [6, 6.07) is 1.44. The fraction of sp³-hybridized carbons (Fsp3) is 0.500. The Morgan fingerprint density at radius 2 is 2.35 bits per heavy atom. The number of rotatable bonds is 4. The Morgan fingerprint density at radius 3 is 3.04 bits per heavy atom. The maximum absolute atomic E-state index is 12.4. The van der Waals surface area contributed by atoms with Gasteiger partial charge in [-0.05, 0) is 25.8 Å². The number of anilines is 1. The van der Waals surface area contributed by atoms with Gasteiger partial charge in [-0.25, -0.2) is 9.97 Å². The van der Waals surface area contributed by atoms with Crippen molar-refractivity contribution >= 4 is 11.7 Å². The minimum atomic E-state index is -0.264. The molecule has 1 aliphatic heterocycles. The van der Waals surface area contributed by atoms with Crippen molar-refractivity contribution in [2.75, 3.05) is 11.9 Å². The molecule has 3 rings (SSSR count). The maximum Gasteiger partial charge on any atom is 0.242 e. The third-order valence-corrected chi connectivity index (χ3v) is 4.15. The van der Waals surface area contributed by atoms with Crippen LogP contribution in [0, 0.1) is 6.92 Å². The van der Waals surface area contributed by atoms with E-state index in [1.807, 2.05) is 20.0 Å². The molecule has 0 bridgehead atoms. The number of hydrogen-bond donors (Lipinski definition) is 1. The van der Waals surface area contributed by atoms with Crippen LogP contribution in [0.2, 0.25) is 0 Å². The highest BCUT2D eigenvalue weighted by atomic mass is 16.5. The van der Waals surface area contributed by atoms with Crippen LogP contribution in [0.15, 0.2) is 16.8 Å². The Kier molecular flexibility index (Phi) is 4.38. The molecule has 7 heteroatoms. The van der Waals surface area contributed by atoms with Gasteiger partial charge in [-0.2, -0.15) is 0 Å². The molecule has 1 unspecified atom stereocenters. The molecule has 1 atom stereocenters. The van der Waals surface area contributed by atoms with Crippen molar-refractivity contribution in [3.8, 4) is 0 Å². The first kappa shape index (κ1) is 15.6. The van der Waals surface area contributed by atoms with Gasteiger partial charge in [-0.15, -0.1) is 0 Å². The molecular weight excluding hydrogens is 294 g/mol. The van der Waals surface area contributed by atoms with Crippen LogP contribution in [0.1, 0.15) is 36.7 Å². The zero-order valence-corrected chi connectivity index (χ0v) is 13.7. The number of nitrogens with one attached hydrogen (secondary N) is 1. The Balaban J connectivity index is 1.68. The number of amides is 1. The Morgan fingerprint density at radius 1 is 1.52 bits per heavy atom. The summed E-state index contributed by atoms with van der Waals surface area (Å²) in [6.45, 7) is 7.21. The van der Waals surface area contributed by atoms with Crippen LogP contribution in [-0.4, -0.2) is 38.5 Å². The SMILES string of the molecule is CCc1ncc2c(n1)CN(C(C)C(=O)Nc1cc(C)on1)CC2. The van der Waals surface area contributed by atoms with Crippen LogP contribution in [0.25, 0.3) is 0 Å². The van der Waals surface area contributed by atoms with Gasteiger partial charge >= 0.3 is 0 Å². The van der Waals surface area contributed by atoms with Crippen LogP contribution in [0.3, 0.4) is 0 Å². The van der Waals surface area contributed by atoms with Crippen molar-refractivity contribution in [2.45, 2.75) is 46.2 Å². The lowest BCUT2D eigenvalue weighted by atomic mass is 10.0. The highest BCUT2D eigenvalue weighted by molar-refractivity contribution is 5.93. The lowest BCUT2D eigenvalue weighted by Crippen LogP contribution is -2.45. The van der Waals surface area contributed by atoms with Crippen molar-refractivity contribution in [1.29, 1.82) is 0 Å². The molecule has 1 amide bonds. The van der Waals surface area contributed by atoms with E-state index in [1.54, 1.807) is 13.0 Å². The van der Waals surface area contributed by atoms with E-state index >= 15 is 0 Å². The van der Waals surface area contributed by atoms with Crippen molar-refractivity contribution in [1.82, 2.24) is 20.0 Å². The van der Waals surface area contributed by atoms with Crippen LogP contribution < -0.4 is 5.32 Å². The first-order valence-corrected chi connectivity index (χ1v) is 7.88. The topological polar surface area (TPSA) is 84.2 Å². The van der Waals surface area contributed by atoms with E-state index in [0.717, 1.165) is 30.9 Å². The zero-order chi connectivity index (χ0) is 16.4. The first-order chi connectivity index (χ1) is 11.1. The van der Waals surface area contributed by atoms with Gasteiger partial charge in [0.2, 0.25) is 5.91 Å². The standard InChI is InChI=1S/C16H21N5O2/c1-4-14-17-8-12-5-6-21(9-13(12)18-14)11(3)16(22)19-15-7-10(2)23-20-15/h7-8,11H,4-6,9H2,1-3H3,(H,19,20,22). The molecule has 23 heavy (non-hydrogen) atoms. The molecule has 0 fully saturated rings. The summed E-state index contributed by atoms with van der Waals surface area (Å²) in [6.07, 6.45) is 3.59. The molecule has 0 aromatic carbocycles. The summed E-state index contributed by atoms with van der Waals surface area (Å²) >= 11 is 0. The predicted molar refractivity (Wildman–Crippen MR) is 84.9 cm³/mol. The molecule has 3 heterocycles. The second kappa shape index (κ2) is 6.45. The lowest BCUT2D eigenvalue weighted by Gasteiger charge is -2.32. The molecule has 0 saturated heterocycles. The number of aromatic nitrogens is 3. The van der Waals surface area contributed by atoms with Crippen molar-refractivity contribution in [2.24, 2.45) is 0 Å². The summed E-state index contributed by atoms with van der Waals surface area (Å²) in [4.78, 5) is 23.5. The normalized spacial score (nSPS) is 16.0. The molecule has 0 radical (unpaired) electrons. The average Bonchev–Trinajstić information content (AvgIpc) is 2.97. The molecule has 0 saturated carbocycles. The van der Waals surface area contributed by atoms with Crippen LogP contribution in [0.4, 0.5) is 5.82 Å². The minimum absolute atomic E-state index is 0.0912. The number of nitrogens with zero attached hydrogens (tertiary/aromatic N) is 4. The molecule has 1 aliphatic rings. The lowest BCUT2D eigenvalue weighted by molar-refractivity contribution is -0.121. The molecule has 7 nitrogen and oxygen atoms in total. The molecular formula is C16H21N5O2. The Hall–Kier alpha value is -2.28. The van der Waals surface area contributed by atoms with Gasteiger partial charge in [0.15, 0.2) is 5.82 Å². The largest absolute Gasteiger partial charge is 0.360 e. The van der Waals surface area contributed by atoms with Crippen LogP contribution in [-0.2, 0) is 24.2 Å². The summed E-state index contributed by atoms with van der Waals surface area (Å²) in [5.41, 5.74) is 2.21. The van der Waals surface area contributed by atoms with E-state index in [-0.39, 0.29) is 11.9 Å². The van der Waals surface area contributed by atoms with Gasteiger partial charge in [0.1, 0.15) is 11.6 Å². The fourth-order valence-corrected chi connectivity index (χ4v) is 2.69. The first-order valence-electron chi connectivity index (χ1n) is 7.88. The number of hydrogen-bond acceptors (Lipinski definition) is 6. The summed E-state index contributed by atoms with van der Waals surface area (Å²) in [5.74, 6) is 1.88. The number of aryl methyl sites for hydroxylation is 2. The second-order valence-corrected chi connectivity index (χ2v) is 5.82. The summed E-state index contributed by atoms with van der Waals surface area (Å²) in [5, 5.41) is 6.58. The van der Waals surface area contributed by atoms with E-state index in [0.29, 0.717) is 18.1 Å². The predicted octanol–water partition coefficient (Wildman–Crippen LogP) is 1.72. The minimum Gasteiger partial charge on any atom is -0.360 e. The zero-order valence-electron chi connectivity index (χ0n) is 13.7. The third-order valence-electron chi connectivity index (χ3n) is 4.15. The quantitative estimate of drug-likeness (QED) is 0.925.